The monoisotopic (exact) mass is 321 g/mol. The molecule has 0 aromatic heterocycles. The number of rotatable bonds is 6. The third kappa shape index (κ3) is 8.21. The van der Waals surface area contributed by atoms with E-state index < -0.39 is 6.03 Å². The van der Waals surface area contributed by atoms with Crippen LogP contribution in [0.4, 0.5) is 4.79 Å². The van der Waals surface area contributed by atoms with E-state index in [0.29, 0.717) is 13.2 Å². The van der Waals surface area contributed by atoms with Crippen molar-refractivity contribution in [3.63, 3.8) is 0 Å². The van der Waals surface area contributed by atoms with Gasteiger partial charge in [-0.2, -0.15) is 0 Å². The fourth-order valence-corrected chi connectivity index (χ4v) is 2.01. The molecular formula is C17H27N3O3. The van der Waals surface area contributed by atoms with Gasteiger partial charge in [-0.15, -0.1) is 0 Å². The Morgan fingerprint density at radius 1 is 1.17 bits per heavy atom. The molecule has 0 aliphatic heterocycles. The van der Waals surface area contributed by atoms with Crippen LogP contribution in [0.15, 0.2) is 24.3 Å². The van der Waals surface area contributed by atoms with Crippen LogP contribution < -0.4 is 15.4 Å². The van der Waals surface area contributed by atoms with Crippen LogP contribution in [-0.4, -0.2) is 42.6 Å². The number of carbonyl (C=O) groups is 2. The highest BCUT2D eigenvalue weighted by Crippen LogP contribution is 2.13. The van der Waals surface area contributed by atoms with Gasteiger partial charge in [-0.1, -0.05) is 12.1 Å². The molecule has 1 aromatic carbocycles. The van der Waals surface area contributed by atoms with E-state index in [1.54, 1.807) is 0 Å². The zero-order chi connectivity index (χ0) is 17.5. The molecule has 0 aliphatic carbocycles. The minimum atomic E-state index is -0.475. The number of benzene rings is 1. The quantitative estimate of drug-likeness (QED) is 0.842. The maximum atomic E-state index is 11.8. The van der Waals surface area contributed by atoms with Crippen molar-refractivity contribution in [2.45, 2.75) is 39.8 Å². The molecule has 6 heteroatoms. The minimum Gasteiger partial charge on any atom is -0.494 e. The molecule has 1 aromatic rings. The van der Waals surface area contributed by atoms with Crippen molar-refractivity contribution < 1.29 is 14.3 Å². The van der Waals surface area contributed by atoms with Crippen molar-refractivity contribution >= 4 is 11.9 Å². The van der Waals surface area contributed by atoms with Crippen molar-refractivity contribution in [2.75, 3.05) is 20.2 Å². The highest BCUT2D eigenvalue weighted by atomic mass is 16.5. The van der Waals surface area contributed by atoms with E-state index >= 15 is 0 Å². The van der Waals surface area contributed by atoms with Gasteiger partial charge < -0.3 is 10.1 Å². The minimum absolute atomic E-state index is 0.144. The van der Waals surface area contributed by atoms with Crippen LogP contribution in [-0.2, 0) is 11.3 Å². The van der Waals surface area contributed by atoms with Crippen molar-refractivity contribution in [1.82, 2.24) is 15.5 Å². The highest BCUT2D eigenvalue weighted by molar-refractivity contribution is 5.95. The van der Waals surface area contributed by atoms with Gasteiger partial charge in [-0.25, -0.2) is 4.79 Å². The number of imide groups is 1. The average Bonchev–Trinajstić information content (AvgIpc) is 2.38. The van der Waals surface area contributed by atoms with Crippen LogP contribution >= 0.6 is 0 Å². The SMILES string of the molecule is CCOc1ccc(CN(C)CC(=O)NC(=O)NC(C)(C)C)cc1. The highest BCUT2D eigenvalue weighted by Gasteiger charge is 2.16. The number of likely N-dealkylation sites (N-methyl/N-ethyl adjacent to an activating group) is 1. The molecule has 0 fully saturated rings. The van der Waals surface area contributed by atoms with E-state index in [4.69, 9.17) is 4.74 Å². The summed E-state index contributed by atoms with van der Waals surface area (Å²) in [5.41, 5.74) is 0.696. The van der Waals surface area contributed by atoms with Gasteiger partial charge in [0.15, 0.2) is 0 Å². The molecule has 0 bridgehead atoms. The van der Waals surface area contributed by atoms with Crippen LogP contribution in [0.25, 0.3) is 0 Å². The summed E-state index contributed by atoms with van der Waals surface area (Å²) in [6.07, 6.45) is 0. The molecule has 0 heterocycles. The van der Waals surface area contributed by atoms with E-state index in [9.17, 15) is 9.59 Å². The van der Waals surface area contributed by atoms with E-state index in [2.05, 4.69) is 10.6 Å². The zero-order valence-corrected chi connectivity index (χ0v) is 14.6. The summed E-state index contributed by atoms with van der Waals surface area (Å²) in [5, 5.41) is 5.02. The Balaban J connectivity index is 2.41. The van der Waals surface area contributed by atoms with Gasteiger partial charge in [0.1, 0.15) is 5.75 Å². The van der Waals surface area contributed by atoms with Gasteiger partial charge in [-0.3, -0.25) is 15.0 Å². The van der Waals surface area contributed by atoms with Crippen LogP contribution in [0.3, 0.4) is 0 Å². The Morgan fingerprint density at radius 2 is 1.78 bits per heavy atom. The molecule has 0 atom stereocenters. The fraction of sp³-hybridized carbons (Fsp3) is 0.529. The van der Waals surface area contributed by atoms with E-state index in [1.807, 2.05) is 63.9 Å². The Morgan fingerprint density at radius 3 is 2.30 bits per heavy atom. The number of nitrogens with one attached hydrogen (secondary N) is 2. The normalized spacial score (nSPS) is 11.2. The van der Waals surface area contributed by atoms with Crippen LogP contribution in [0.1, 0.15) is 33.3 Å². The maximum Gasteiger partial charge on any atom is 0.321 e. The van der Waals surface area contributed by atoms with Crippen molar-refractivity contribution in [2.24, 2.45) is 0 Å². The van der Waals surface area contributed by atoms with Gasteiger partial charge in [0.25, 0.3) is 0 Å². The first-order valence-electron chi connectivity index (χ1n) is 7.72. The average molecular weight is 321 g/mol. The van der Waals surface area contributed by atoms with Crippen molar-refractivity contribution in [1.29, 1.82) is 0 Å². The predicted octanol–water partition coefficient (Wildman–Crippen LogP) is 2.14. The summed E-state index contributed by atoms with van der Waals surface area (Å²) in [6, 6.07) is 7.27. The first-order valence-corrected chi connectivity index (χ1v) is 7.72. The van der Waals surface area contributed by atoms with Gasteiger partial charge in [0, 0.05) is 12.1 Å². The summed E-state index contributed by atoms with van der Waals surface area (Å²) in [6.45, 7) is 8.90. The number of hydrogen-bond donors (Lipinski definition) is 2. The Labute approximate surface area is 138 Å². The third-order valence-electron chi connectivity index (χ3n) is 2.84. The molecule has 3 amide bonds. The number of amides is 3. The summed E-state index contributed by atoms with van der Waals surface area (Å²) in [4.78, 5) is 25.3. The lowest BCUT2D eigenvalue weighted by Gasteiger charge is -2.21. The summed E-state index contributed by atoms with van der Waals surface area (Å²) >= 11 is 0. The number of carbonyl (C=O) groups excluding carboxylic acids is 2. The number of hydrogen-bond acceptors (Lipinski definition) is 4. The molecule has 0 radical (unpaired) electrons. The topological polar surface area (TPSA) is 70.7 Å². The Kier molecular flexibility index (Phi) is 7.03. The maximum absolute atomic E-state index is 11.8. The fourth-order valence-electron chi connectivity index (χ4n) is 2.01. The summed E-state index contributed by atoms with van der Waals surface area (Å²) < 4.78 is 5.39. The summed E-state index contributed by atoms with van der Waals surface area (Å²) in [7, 11) is 1.83. The predicted molar refractivity (Wildman–Crippen MR) is 90.4 cm³/mol. The first kappa shape index (κ1) is 19.0. The van der Waals surface area contributed by atoms with E-state index in [0.717, 1.165) is 11.3 Å². The largest absolute Gasteiger partial charge is 0.494 e. The Bertz CT molecular complexity index is 521. The van der Waals surface area contributed by atoms with E-state index in [-0.39, 0.29) is 18.0 Å². The van der Waals surface area contributed by atoms with Gasteiger partial charge in [-0.05, 0) is 52.4 Å². The molecule has 0 saturated carbocycles. The number of nitrogens with zero attached hydrogens (tertiary/aromatic N) is 1. The molecule has 0 saturated heterocycles. The lowest BCUT2D eigenvalue weighted by molar-refractivity contribution is -0.121. The molecule has 128 valence electrons. The van der Waals surface area contributed by atoms with Gasteiger partial charge in [0.2, 0.25) is 5.91 Å². The lowest BCUT2D eigenvalue weighted by atomic mass is 10.1. The first-order chi connectivity index (χ1) is 10.7. The van der Waals surface area contributed by atoms with E-state index in [1.165, 1.54) is 0 Å². The van der Waals surface area contributed by atoms with Crippen molar-refractivity contribution in [3.8, 4) is 5.75 Å². The standard InChI is InChI=1S/C17H27N3O3/c1-6-23-14-9-7-13(8-10-14)11-20(5)12-15(21)18-16(22)19-17(2,3)4/h7-10H,6,11-12H2,1-5H3,(H2,18,19,21,22). The van der Waals surface area contributed by atoms with Crippen LogP contribution in [0, 0.1) is 0 Å². The molecule has 6 nitrogen and oxygen atoms in total. The van der Waals surface area contributed by atoms with Crippen LogP contribution in [0.5, 0.6) is 5.75 Å². The molecular weight excluding hydrogens is 294 g/mol. The molecule has 23 heavy (non-hydrogen) atoms. The second-order valence-electron chi connectivity index (χ2n) is 6.50. The van der Waals surface area contributed by atoms with Crippen LogP contribution in [0.2, 0.25) is 0 Å². The second-order valence-corrected chi connectivity index (χ2v) is 6.50. The number of urea groups is 1. The van der Waals surface area contributed by atoms with Crippen molar-refractivity contribution in [3.05, 3.63) is 29.8 Å². The van der Waals surface area contributed by atoms with Gasteiger partial charge >= 0.3 is 6.03 Å². The van der Waals surface area contributed by atoms with Gasteiger partial charge in [0.05, 0.1) is 13.2 Å². The molecule has 2 N–H and O–H groups in total. The zero-order valence-electron chi connectivity index (χ0n) is 14.6. The smallest absolute Gasteiger partial charge is 0.321 e. The molecule has 0 spiro atoms. The summed E-state index contributed by atoms with van der Waals surface area (Å²) in [5.74, 6) is 0.496. The molecule has 1 rings (SSSR count). The lowest BCUT2D eigenvalue weighted by Crippen LogP contribution is -2.50. The molecule has 0 aliphatic rings. The number of ether oxygens (including phenoxy) is 1. The third-order valence-corrected chi connectivity index (χ3v) is 2.84. The Hall–Kier alpha value is -2.08. The molecule has 0 unspecified atom stereocenters. The second kappa shape index (κ2) is 8.53.